The van der Waals surface area contributed by atoms with Crippen LogP contribution in [0.3, 0.4) is 0 Å². The Balaban J connectivity index is 1.36. The first kappa shape index (κ1) is 29.0. The monoisotopic (exact) mass is 539 g/mol. The van der Waals surface area contributed by atoms with E-state index in [0.717, 1.165) is 56.3 Å². The number of para-hydroxylation sites is 1. The van der Waals surface area contributed by atoms with Gasteiger partial charge in [-0.3, -0.25) is 0 Å². The lowest BCUT2D eigenvalue weighted by Crippen LogP contribution is -2.08. The van der Waals surface area contributed by atoms with Crippen LogP contribution < -0.4 is 14.8 Å². The highest BCUT2D eigenvalue weighted by Gasteiger charge is 2.17. The van der Waals surface area contributed by atoms with Gasteiger partial charge in [-0.15, -0.1) is 0 Å². The molecule has 0 bridgehead atoms. The summed E-state index contributed by atoms with van der Waals surface area (Å²) in [6.07, 6.45) is 6.21. The van der Waals surface area contributed by atoms with Crippen molar-refractivity contribution in [1.82, 2.24) is 0 Å². The van der Waals surface area contributed by atoms with E-state index in [0.29, 0.717) is 23.5 Å². The molecule has 0 aliphatic rings. The van der Waals surface area contributed by atoms with Crippen LogP contribution in [0, 0.1) is 0 Å². The third-order valence-electron chi connectivity index (χ3n) is 6.52. The molecule has 0 aromatic heterocycles. The summed E-state index contributed by atoms with van der Waals surface area (Å²) in [5.41, 5.74) is 3.76. The lowest BCUT2D eigenvalue weighted by Gasteiger charge is -2.12. The number of carbonyl (C=O) groups is 1. The normalized spacial score (nSPS) is 11.2. The number of hydrogen-bond acceptors (Lipinski definition) is 6. The molecule has 0 atom stereocenters. The van der Waals surface area contributed by atoms with Crippen molar-refractivity contribution in [3.63, 3.8) is 0 Å². The Morgan fingerprint density at radius 2 is 1.50 bits per heavy atom. The third kappa shape index (κ3) is 8.52. The number of rotatable bonds is 16. The van der Waals surface area contributed by atoms with E-state index in [9.17, 15) is 13.2 Å². The Kier molecular flexibility index (Phi) is 11.0. The minimum atomic E-state index is -3.36. The van der Waals surface area contributed by atoms with Gasteiger partial charge in [-0.2, -0.15) is 0 Å². The van der Waals surface area contributed by atoms with Gasteiger partial charge in [0.05, 0.1) is 30.4 Å². The molecule has 38 heavy (non-hydrogen) atoms. The molecule has 0 aliphatic heterocycles. The minimum Gasteiger partial charge on any atom is -0.493 e. The molecule has 3 aromatic rings. The van der Waals surface area contributed by atoms with Gasteiger partial charge in [0.25, 0.3) is 0 Å². The predicted molar refractivity (Wildman–Crippen MR) is 150 cm³/mol. The Hall–Kier alpha value is -3.52. The number of carboxylic acid groups (broad SMARTS) is 1. The molecular weight excluding hydrogens is 502 g/mol. The molecule has 2 N–H and O–H groups in total. The van der Waals surface area contributed by atoms with E-state index >= 15 is 0 Å². The highest BCUT2D eigenvalue weighted by Crippen LogP contribution is 2.30. The molecule has 0 fully saturated rings. The Morgan fingerprint density at radius 3 is 2.21 bits per heavy atom. The lowest BCUT2D eigenvalue weighted by atomic mass is 10.0. The first-order chi connectivity index (χ1) is 18.3. The number of anilines is 1. The van der Waals surface area contributed by atoms with Gasteiger partial charge in [-0.05, 0) is 67.1 Å². The second-order valence-electron chi connectivity index (χ2n) is 9.19. The van der Waals surface area contributed by atoms with Gasteiger partial charge in [0.2, 0.25) is 0 Å². The highest BCUT2D eigenvalue weighted by atomic mass is 32.2. The summed E-state index contributed by atoms with van der Waals surface area (Å²) in [4.78, 5) is 11.3. The Labute approximate surface area is 225 Å². The molecule has 8 heteroatoms. The van der Waals surface area contributed by atoms with E-state index < -0.39 is 15.8 Å². The third-order valence-corrected chi connectivity index (χ3v) is 8.32. The number of hydrogen-bond donors (Lipinski definition) is 2. The molecule has 7 nitrogen and oxygen atoms in total. The van der Waals surface area contributed by atoms with E-state index in [1.807, 2.05) is 24.3 Å². The average Bonchev–Trinajstić information content (AvgIpc) is 2.93. The molecule has 0 aliphatic carbocycles. The average molecular weight is 540 g/mol. The van der Waals surface area contributed by atoms with Crippen LogP contribution in [0.15, 0.2) is 71.6 Å². The number of aromatic carboxylic acids is 1. The fraction of sp³-hybridized carbons (Fsp3) is 0.367. The molecule has 0 heterocycles. The summed E-state index contributed by atoms with van der Waals surface area (Å²) in [7, 11) is -0.349. The van der Waals surface area contributed by atoms with Crippen LogP contribution in [-0.2, 0) is 22.7 Å². The van der Waals surface area contributed by atoms with E-state index in [1.165, 1.54) is 25.8 Å². The van der Waals surface area contributed by atoms with Crippen molar-refractivity contribution >= 4 is 21.5 Å². The molecule has 3 rings (SSSR count). The summed E-state index contributed by atoms with van der Waals surface area (Å²) >= 11 is 0. The zero-order valence-corrected chi connectivity index (χ0v) is 22.9. The predicted octanol–water partition coefficient (Wildman–Crippen LogP) is 6.02. The summed E-state index contributed by atoms with van der Waals surface area (Å²) in [5, 5.41) is 12.6. The maximum Gasteiger partial charge on any atom is 0.335 e. The molecule has 0 unspecified atom stereocenters. The standard InChI is InChI=1S/C30H37NO6S/c1-36-28-19-18-26(22-29(28)37-2)38(34,35)21-9-5-3-4-8-20-31-27-11-7-6-10-24(27)15-12-23-13-16-25(17-14-23)30(32)33/h6-7,10-11,13-14,16-19,22,31H,3-5,8-9,12,15,20-21H2,1-2H3,(H,32,33). The fourth-order valence-electron chi connectivity index (χ4n) is 4.30. The van der Waals surface area contributed by atoms with Gasteiger partial charge in [0.1, 0.15) is 0 Å². The van der Waals surface area contributed by atoms with Crippen LogP contribution >= 0.6 is 0 Å². The van der Waals surface area contributed by atoms with Gasteiger partial charge in [0, 0.05) is 18.3 Å². The van der Waals surface area contributed by atoms with Gasteiger partial charge >= 0.3 is 5.97 Å². The summed E-state index contributed by atoms with van der Waals surface area (Å²) in [5.74, 6) is 0.130. The summed E-state index contributed by atoms with van der Waals surface area (Å²) < 4.78 is 35.8. The molecule has 0 amide bonds. The Bertz CT molecular complexity index is 1290. The van der Waals surface area contributed by atoms with E-state index in [1.54, 1.807) is 24.3 Å². The van der Waals surface area contributed by atoms with Crippen molar-refractivity contribution in [2.45, 2.75) is 49.8 Å². The quantitative estimate of drug-likeness (QED) is 0.215. The minimum absolute atomic E-state index is 0.118. The molecule has 3 aromatic carbocycles. The number of unbranched alkanes of at least 4 members (excludes halogenated alkanes) is 4. The second-order valence-corrected chi connectivity index (χ2v) is 11.3. The number of carboxylic acids is 1. The van der Waals surface area contributed by atoms with E-state index in [-0.39, 0.29) is 10.6 Å². The summed E-state index contributed by atoms with van der Waals surface area (Å²) in [6.45, 7) is 0.855. The first-order valence-corrected chi connectivity index (χ1v) is 14.6. The van der Waals surface area contributed by atoms with E-state index in [4.69, 9.17) is 14.6 Å². The van der Waals surface area contributed by atoms with Crippen LogP contribution in [0.1, 0.15) is 53.6 Å². The van der Waals surface area contributed by atoms with Crippen molar-refractivity contribution in [1.29, 1.82) is 0 Å². The molecule has 0 saturated carbocycles. The number of sulfone groups is 1. The molecule has 204 valence electrons. The van der Waals surface area contributed by atoms with Crippen molar-refractivity contribution in [2.24, 2.45) is 0 Å². The van der Waals surface area contributed by atoms with E-state index in [2.05, 4.69) is 17.4 Å². The van der Waals surface area contributed by atoms with Gasteiger partial charge in [-0.1, -0.05) is 49.6 Å². The van der Waals surface area contributed by atoms with Crippen LogP contribution in [0.5, 0.6) is 11.5 Å². The number of methoxy groups -OCH3 is 2. The zero-order chi connectivity index (χ0) is 27.4. The van der Waals surface area contributed by atoms with Gasteiger partial charge < -0.3 is 19.9 Å². The van der Waals surface area contributed by atoms with Crippen LogP contribution in [0.2, 0.25) is 0 Å². The largest absolute Gasteiger partial charge is 0.493 e. The first-order valence-electron chi connectivity index (χ1n) is 12.9. The highest BCUT2D eigenvalue weighted by molar-refractivity contribution is 7.91. The van der Waals surface area contributed by atoms with Gasteiger partial charge in [-0.25, -0.2) is 13.2 Å². The van der Waals surface area contributed by atoms with Crippen molar-refractivity contribution in [3.8, 4) is 11.5 Å². The smallest absolute Gasteiger partial charge is 0.335 e. The number of nitrogens with one attached hydrogen (secondary N) is 1. The van der Waals surface area contributed by atoms with Gasteiger partial charge in [0.15, 0.2) is 21.3 Å². The molecule has 0 radical (unpaired) electrons. The van der Waals surface area contributed by atoms with Crippen LogP contribution in [0.25, 0.3) is 0 Å². The summed E-state index contributed by atoms with van der Waals surface area (Å²) in [6, 6.07) is 20.0. The number of aryl methyl sites for hydroxylation is 2. The molecular formula is C30H37NO6S. The van der Waals surface area contributed by atoms with Crippen LogP contribution in [-0.4, -0.2) is 46.0 Å². The number of ether oxygens (including phenoxy) is 2. The van der Waals surface area contributed by atoms with Crippen molar-refractivity contribution in [2.75, 3.05) is 31.8 Å². The zero-order valence-electron chi connectivity index (χ0n) is 22.1. The lowest BCUT2D eigenvalue weighted by molar-refractivity contribution is 0.0697. The second kappa shape index (κ2) is 14.4. The number of benzene rings is 3. The topological polar surface area (TPSA) is 102 Å². The SMILES string of the molecule is COc1ccc(S(=O)(=O)CCCCCCCNc2ccccc2CCc2ccc(C(=O)O)cc2)cc1OC. The van der Waals surface area contributed by atoms with Crippen molar-refractivity contribution < 1.29 is 27.8 Å². The maximum absolute atomic E-state index is 12.7. The Morgan fingerprint density at radius 1 is 0.816 bits per heavy atom. The fourth-order valence-corrected chi connectivity index (χ4v) is 5.68. The molecule has 0 saturated heterocycles. The molecule has 0 spiro atoms. The van der Waals surface area contributed by atoms with Crippen LogP contribution in [0.4, 0.5) is 5.69 Å². The van der Waals surface area contributed by atoms with Crippen molar-refractivity contribution in [3.05, 3.63) is 83.4 Å². The maximum atomic E-state index is 12.7.